The summed E-state index contributed by atoms with van der Waals surface area (Å²) in [5, 5.41) is 0.677. The zero-order valence-corrected chi connectivity index (χ0v) is 18.7. The summed E-state index contributed by atoms with van der Waals surface area (Å²) in [6.07, 6.45) is -0.539. The molecule has 0 aliphatic carbocycles. The van der Waals surface area contributed by atoms with Gasteiger partial charge in [0.15, 0.2) is 11.6 Å². The molecule has 1 saturated heterocycles. The highest BCUT2D eigenvalue weighted by atomic mass is 35.5. The first-order valence-corrected chi connectivity index (χ1v) is 11.2. The Kier molecular flexibility index (Phi) is 7.08. The predicted molar refractivity (Wildman–Crippen MR) is 125 cm³/mol. The molecule has 1 amide bonds. The molecule has 0 saturated carbocycles. The Morgan fingerprint density at radius 2 is 1.72 bits per heavy atom. The second-order valence-electron chi connectivity index (χ2n) is 7.99. The molecule has 1 heterocycles. The summed E-state index contributed by atoms with van der Waals surface area (Å²) in [5.74, 6) is -0.523. The van der Waals surface area contributed by atoms with Crippen LogP contribution in [0.15, 0.2) is 78.9 Å². The third kappa shape index (κ3) is 5.12. The van der Waals surface area contributed by atoms with Crippen molar-refractivity contribution in [3.05, 3.63) is 101 Å². The quantitative estimate of drug-likeness (QED) is 0.462. The Labute approximate surface area is 193 Å². The van der Waals surface area contributed by atoms with E-state index in [-0.39, 0.29) is 17.7 Å². The minimum Gasteiger partial charge on any atom is -0.407 e. The van der Waals surface area contributed by atoms with Crippen molar-refractivity contribution in [3.63, 3.8) is 0 Å². The molecular formula is C26H26ClFN2O2. The summed E-state index contributed by atoms with van der Waals surface area (Å²) in [5.41, 5.74) is 2.34. The predicted octanol–water partition coefficient (Wildman–Crippen LogP) is 5.97. The molecule has 4 nitrogen and oxygen atoms in total. The fraction of sp³-hybridized carbons (Fsp3) is 0.269. The fourth-order valence-electron chi connectivity index (χ4n) is 4.37. The van der Waals surface area contributed by atoms with Gasteiger partial charge in [-0.25, -0.2) is 9.18 Å². The highest BCUT2D eigenvalue weighted by molar-refractivity contribution is 6.30. The van der Waals surface area contributed by atoms with Crippen LogP contribution in [0.4, 0.5) is 9.18 Å². The molecule has 0 N–H and O–H groups in total. The number of hydrogen-bond acceptors (Lipinski definition) is 3. The van der Waals surface area contributed by atoms with E-state index in [1.165, 1.54) is 17.7 Å². The summed E-state index contributed by atoms with van der Waals surface area (Å²) in [7, 11) is 0. The van der Waals surface area contributed by atoms with Crippen molar-refractivity contribution in [3.8, 4) is 5.75 Å². The van der Waals surface area contributed by atoms with Gasteiger partial charge in [0, 0.05) is 37.1 Å². The van der Waals surface area contributed by atoms with E-state index in [0.717, 1.165) is 18.7 Å². The van der Waals surface area contributed by atoms with Gasteiger partial charge in [-0.3, -0.25) is 4.90 Å². The summed E-state index contributed by atoms with van der Waals surface area (Å²) < 4.78 is 19.5. The lowest BCUT2D eigenvalue weighted by atomic mass is 9.93. The lowest BCUT2D eigenvalue weighted by Crippen LogP contribution is -2.45. The third-order valence-electron chi connectivity index (χ3n) is 5.92. The van der Waals surface area contributed by atoms with Crippen LogP contribution in [0.5, 0.6) is 5.75 Å². The van der Waals surface area contributed by atoms with Gasteiger partial charge in [-0.05, 0) is 42.3 Å². The largest absolute Gasteiger partial charge is 0.415 e. The minimum atomic E-state index is -0.553. The number of halogens is 2. The zero-order chi connectivity index (χ0) is 22.5. The van der Waals surface area contributed by atoms with Gasteiger partial charge in [-0.15, -0.1) is 0 Å². The van der Waals surface area contributed by atoms with E-state index < -0.39 is 11.9 Å². The SMILES string of the molecule is CCN(C(=O)Oc1ccccc1F)[C@@H]1CN(Cc2ccccc2)C[C@H]1c1ccc(Cl)cc1. The number of rotatable bonds is 6. The summed E-state index contributed by atoms with van der Waals surface area (Å²) in [6, 6.07) is 23.9. The van der Waals surface area contributed by atoms with Crippen molar-refractivity contribution in [2.45, 2.75) is 25.4 Å². The zero-order valence-electron chi connectivity index (χ0n) is 18.0. The molecular weight excluding hydrogens is 427 g/mol. The standard InChI is InChI=1S/C26H26ClFN2O2/c1-2-30(26(31)32-25-11-7-6-10-23(25)28)24-18-29(16-19-8-4-3-5-9-19)17-22(24)20-12-14-21(27)15-13-20/h3-15,22,24H,2,16-18H2,1H3/t22-,24+/m0/s1. The third-order valence-corrected chi connectivity index (χ3v) is 6.17. The topological polar surface area (TPSA) is 32.8 Å². The number of likely N-dealkylation sites (tertiary alicyclic amines) is 1. The molecule has 3 aromatic rings. The van der Waals surface area contributed by atoms with Gasteiger partial charge in [0.05, 0.1) is 6.04 Å². The number of hydrogen-bond donors (Lipinski definition) is 0. The Hall–Kier alpha value is -2.89. The highest BCUT2D eigenvalue weighted by Crippen LogP contribution is 2.33. The van der Waals surface area contributed by atoms with Crippen LogP contribution in [0.3, 0.4) is 0 Å². The maximum Gasteiger partial charge on any atom is 0.415 e. The molecule has 0 aromatic heterocycles. The van der Waals surface area contributed by atoms with Gasteiger partial charge in [0.2, 0.25) is 0 Å². The van der Waals surface area contributed by atoms with Crippen LogP contribution in [0, 0.1) is 5.82 Å². The smallest absolute Gasteiger partial charge is 0.407 e. The number of para-hydroxylation sites is 1. The number of carbonyl (C=O) groups excluding carboxylic acids is 1. The maximum atomic E-state index is 14.1. The van der Waals surface area contributed by atoms with Crippen LogP contribution in [-0.2, 0) is 6.54 Å². The van der Waals surface area contributed by atoms with Crippen molar-refractivity contribution in [2.75, 3.05) is 19.6 Å². The number of amides is 1. The van der Waals surface area contributed by atoms with Crippen LogP contribution < -0.4 is 4.74 Å². The molecule has 0 spiro atoms. The minimum absolute atomic E-state index is 0.0573. The lowest BCUT2D eigenvalue weighted by molar-refractivity contribution is 0.129. The van der Waals surface area contributed by atoms with E-state index in [1.807, 2.05) is 49.4 Å². The van der Waals surface area contributed by atoms with E-state index >= 15 is 0 Å². The Bertz CT molecular complexity index is 1050. The van der Waals surface area contributed by atoms with Gasteiger partial charge in [-0.1, -0.05) is 66.2 Å². The van der Waals surface area contributed by atoms with Crippen molar-refractivity contribution in [2.24, 2.45) is 0 Å². The first-order chi connectivity index (χ1) is 15.5. The van der Waals surface area contributed by atoms with Crippen LogP contribution in [-0.4, -0.2) is 41.6 Å². The molecule has 6 heteroatoms. The molecule has 0 radical (unpaired) electrons. The Balaban J connectivity index is 1.58. The van der Waals surface area contributed by atoms with Gasteiger partial charge in [0.25, 0.3) is 0 Å². The second kappa shape index (κ2) is 10.2. The molecule has 3 aromatic carbocycles. The molecule has 4 rings (SSSR count). The average molecular weight is 453 g/mol. The van der Waals surface area contributed by atoms with E-state index in [0.29, 0.717) is 18.1 Å². The van der Waals surface area contributed by atoms with Gasteiger partial charge in [-0.2, -0.15) is 0 Å². The summed E-state index contributed by atoms with van der Waals surface area (Å²) in [6.45, 7) is 4.66. The summed E-state index contributed by atoms with van der Waals surface area (Å²) >= 11 is 6.11. The van der Waals surface area contributed by atoms with Gasteiger partial charge >= 0.3 is 6.09 Å². The second-order valence-corrected chi connectivity index (χ2v) is 8.43. The number of carbonyl (C=O) groups is 1. The number of ether oxygens (including phenoxy) is 1. The van der Waals surface area contributed by atoms with E-state index in [1.54, 1.807) is 17.0 Å². The highest BCUT2D eigenvalue weighted by Gasteiger charge is 2.39. The normalized spacial score (nSPS) is 18.5. The fourth-order valence-corrected chi connectivity index (χ4v) is 4.50. The van der Waals surface area contributed by atoms with Gasteiger partial charge < -0.3 is 9.64 Å². The molecule has 1 aliphatic heterocycles. The Morgan fingerprint density at radius 1 is 1.03 bits per heavy atom. The first kappa shape index (κ1) is 22.3. The van der Waals surface area contributed by atoms with Crippen LogP contribution in [0.25, 0.3) is 0 Å². The van der Waals surface area contributed by atoms with Crippen LogP contribution in [0.1, 0.15) is 24.0 Å². The molecule has 32 heavy (non-hydrogen) atoms. The molecule has 2 atom stereocenters. The molecule has 1 aliphatic rings. The van der Waals surface area contributed by atoms with Crippen LogP contribution >= 0.6 is 11.6 Å². The first-order valence-electron chi connectivity index (χ1n) is 10.8. The van der Waals surface area contributed by atoms with Gasteiger partial charge in [0.1, 0.15) is 0 Å². The molecule has 0 unspecified atom stereocenters. The maximum absolute atomic E-state index is 14.1. The van der Waals surface area contributed by atoms with Crippen molar-refractivity contribution in [1.29, 1.82) is 0 Å². The van der Waals surface area contributed by atoms with E-state index in [4.69, 9.17) is 16.3 Å². The van der Waals surface area contributed by atoms with Crippen LogP contribution in [0.2, 0.25) is 5.02 Å². The average Bonchev–Trinajstić information content (AvgIpc) is 3.20. The number of nitrogens with zero attached hydrogens (tertiary/aromatic N) is 2. The van der Waals surface area contributed by atoms with E-state index in [2.05, 4.69) is 17.0 Å². The van der Waals surface area contributed by atoms with E-state index in [9.17, 15) is 9.18 Å². The molecule has 1 fully saturated rings. The molecule has 0 bridgehead atoms. The monoisotopic (exact) mass is 452 g/mol. The number of likely N-dealkylation sites (N-methyl/N-ethyl adjacent to an activating group) is 1. The van der Waals surface area contributed by atoms with Crippen molar-refractivity contribution in [1.82, 2.24) is 9.80 Å². The lowest BCUT2D eigenvalue weighted by Gasteiger charge is -2.31. The summed E-state index contributed by atoms with van der Waals surface area (Å²) in [4.78, 5) is 17.1. The number of benzene rings is 3. The molecule has 166 valence electrons. The van der Waals surface area contributed by atoms with Crippen molar-refractivity contribution >= 4 is 17.7 Å². The van der Waals surface area contributed by atoms with Crippen molar-refractivity contribution < 1.29 is 13.9 Å². The Morgan fingerprint density at radius 3 is 2.41 bits per heavy atom.